The standard InChI is InChI=1S/C19H21NO7/c1-6-25-19(24)17-10(3)16(11(4)20-17)13(21)8-26-18(23)15-9(2)7-14(22)27-12(15)5/h7,20H,6,8H2,1-5H3. The van der Waals surface area contributed by atoms with Gasteiger partial charge in [0.05, 0.1) is 6.61 Å². The number of carbonyl (C=O) groups is 3. The van der Waals surface area contributed by atoms with E-state index in [0.29, 0.717) is 16.8 Å². The van der Waals surface area contributed by atoms with E-state index in [4.69, 9.17) is 13.9 Å². The lowest BCUT2D eigenvalue weighted by atomic mass is 10.1. The van der Waals surface area contributed by atoms with Gasteiger partial charge in [0.15, 0.2) is 6.61 Å². The van der Waals surface area contributed by atoms with E-state index < -0.39 is 30.0 Å². The molecular formula is C19H21NO7. The zero-order valence-corrected chi connectivity index (χ0v) is 15.8. The van der Waals surface area contributed by atoms with E-state index in [2.05, 4.69) is 4.98 Å². The first-order valence-corrected chi connectivity index (χ1v) is 8.35. The Bertz CT molecular complexity index is 939. The fourth-order valence-electron chi connectivity index (χ4n) is 2.91. The topological polar surface area (TPSA) is 116 Å². The predicted molar refractivity (Wildman–Crippen MR) is 95.3 cm³/mol. The summed E-state index contributed by atoms with van der Waals surface area (Å²) in [5.41, 5.74) is 1.33. The maximum Gasteiger partial charge on any atom is 0.355 e. The third-order valence-corrected chi connectivity index (χ3v) is 4.07. The summed E-state index contributed by atoms with van der Waals surface area (Å²) in [6.07, 6.45) is 0. The molecule has 0 spiro atoms. The van der Waals surface area contributed by atoms with Gasteiger partial charge in [-0.1, -0.05) is 0 Å². The number of esters is 2. The van der Waals surface area contributed by atoms with Crippen molar-refractivity contribution >= 4 is 17.7 Å². The van der Waals surface area contributed by atoms with Crippen molar-refractivity contribution in [2.24, 2.45) is 0 Å². The number of aromatic nitrogens is 1. The Morgan fingerprint density at radius 3 is 2.30 bits per heavy atom. The lowest BCUT2D eigenvalue weighted by Gasteiger charge is -2.08. The third kappa shape index (κ3) is 4.16. The van der Waals surface area contributed by atoms with E-state index >= 15 is 0 Å². The van der Waals surface area contributed by atoms with Gasteiger partial charge < -0.3 is 18.9 Å². The average Bonchev–Trinajstić information content (AvgIpc) is 2.86. The molecule has 0 saturated heterocycles. The van der Waals surface area contributed by atoms with Crippen LogP contribution in [0.4, 0.5) is 0 Å². The van der Waals surface area contributed by atoms with E-state index in [1.54, 1.807) is 27.7 Å². The van der Waals surface area contributed by atoms with Crippen LogP contribution in [0.1, 0.15) is 60.7 Å². The van der Waals surface area contributed by atoms with Crippen molar-refractivity contribution in [3.8, 4) is 0 Å². The fraction of sp³-hybridized carbons (Fsp3) is 0.368. The van der Waals surface area contributed by atoms with Crippen LogP contribution >= 0.6 is 0 Å². The fourth-order valence-corrected chi connectivity index (χ4v) is 2.91. The summed E-state index contributed by atoms with van der Waals surface area (Å²) >= 11 is 0. The minimum Gasteiger partial charge on any atom is -0.461 e. The number of carbonyl (C=O) groups excluding carboxylic acids is 3. The molecule has 0 aliphatic carbocycles. The number of rotatable bonds is 6. The summed E-state index contributed by atoms with van der Waals surface area (Å²) in [5.74, 6) is -1.66. The van der Waals surface area contributed by atoms with E-state index in [0.717, 1.165) is 0 Å². The summed E-state index contributed by atoms with van der Waals surface area (Å²) in [6.45, 7) is 7.69. The quantitative estimate of drug-likeness (QED) is 0.609. The smallest absolute Gasteiger partial charge is 0.355 e. The van der Waals surface area contributed by atoms with Gasteiger partial charge >= 0.3 is 17.6 Å². The number of ketones is 1. The van der Waals surface area contributed by atoms with Crippen LogP contribution in [0.25, 0.3) is 0 Å². The lowest BCUT2D eigenvalue weighted by molar-refractivity contribution is 0.0468. The number of hydrogen-bond acceptors (Lipinski definition) is 7. The van der Waals surface area contributed by atoms with Gasteiger partial charge in [-0.2, -0.15) is 0 Å². The van der Waals surface area contributed by atoms with E-state index in [9.17, 15) is 19.2 Å². The SMILES string of the molecule is CCOC(=O)c1[nH]c(C)c(C(=O)COC(=O)c2c(C)cc(=O)oc2C)c1C. The van der Waals surface area contributed by atoms with E-state index in [1.807, 2.05) is 0 Å². The number of aromatic amines is 1. The van der Waals surface area contributed by atoms with Gasteiger partial charge in [0.1, 0.15) is 17.0 Å². The molecule has 1 N–H and O–H groups in total. The molecule has 0 bridgehead atoms. The van der Waals surface area contributed by atoms with Crippen LogP contribution < -0.4 is 5.63 Å². The Morgan fingerprint density at radius 1 is 1.04 bits per heavy atom. The molecular weight excluding hydrogens is 354 g/mol. The van der Waals surface area contributed by atoms with Crippen molar-refractivity contribution < 1.29 is 28.3 Å². The molecule has 0 aromatic carbocycles. The van der Waals surface area contributed by atoms with Gasteiger partial charge in [-0.05, 0) is 45.7 Å². The van der Waals surface area contributed by atoms with Gasteiger partial charge in [-0.3, -0.25) is 4.79 Å². The first-order valence-electron chi connectivity index (χ1n) is 8.35. The average molecular weight is 375 g/mol. The minimum absolute atomic E-state index is 0.108. The Morgan fingerprint density at radius 2 is 1.70 bits per heavy atom. The second-order valence-electron chi connectivity index (χ2n) is 6.02. The molecule has 2 rings (SSSR count). The molecule has 0 fully saturated rings. The molecule has 0 aliphatic heterocycles. The summed E-state index contributed by atoms with van der Waals surface area (Å²) in [6, 6.07) is 1.18. The Kier molecular flexibility index (Phi) is 5.99. The van der Waals surface area contributed by atoms with Crippen molar-refractivity contribution in [1.82, 2.24) is 4.98 Å². The summed E-state index contributed by atoms with van der Waals surface area (Å²) in [7, 11) is 0. The maximum absolute atomic E-state index is 12.5. The number of Topliss-reactive ketones (excluding diaryl/α,β-unsaturated/α-hetero) is 1. The molecule has 8 heteroatoms. The van der Waals surface area contributed by atoms with Gasteiger partial charge in [-0.25, -0.2) is 14.4 Å². The number of ether oxygens (including phenoxy) is 2. The maximum atomic E-state index is 12.5. The van der Waals surface area contributed by atoms with Crippen molar-refractivity contribution in [2.45, 2.75) is 34.6 Å². The molecule has 0 unspecified atom stereocenters. The number of aryl methyl sites for hydroxylation is 3. The van der Waals surface area contributed by atoms with Crippen molar-refractivity contribution in [3.63, 3.8) is 0 Å². The van der Waals surface area contributed by atoms with Crippen LogP contribution in [0.3, 0.4) is 0 Å². The van der Waals surface area contributed by atoms with Crippen LogP contribution in [-0.2, 0) is 9.47 Å². The molecule has 2 heterocycles. The number of hydrogen-bond donors (Lipinski definition) is 1. The lowest BCUT2D eigenvalue weighted by Crippen LogP contribution is -2.18. The Balaban J connectivity index is 2.18. The predicted octanol–water partition coefficient (Wildman–Crippen LogP) is 2.42. The van der Waals surface area contributed by atoms with Crippen molar-refractivity contribution in [3.05, 3.63) is 55.9 Å². The van der Waals surface area contributed by atoms with Crippen LogP contribution in [0.5, 0.6) is 0 Å². The van der Waals surface area contributed by atoms with Crippen LogP contribution in [-0.4, -0.2) is 35.9 Å². The highest BCUT2D eigenvalue weighted by atomic mass is 16.5. The second-order valence-corrected chi connectivity index (χ2v) is 6.02. The second kappa shape index (κ2) is 8.03. The molecule has 0 amide bonds. The number of nitrogens with one attached hydrogen (secondary N) is 1. The van der Waals surface area contributed by atoms with Gasteiger partial charge in [-0.15, -0.1) is 0 Å². The normalized spacial score (nSPS) is 10.6. The van der Waals surface area contributed by atoms with Crippen LogP contribution in [0.2, 0.25) is 0 Å². The minimum atomic E-state index is -0.765. The summed E-state index contributed by atoms with van der Waals surface area (Å²) in [5, 5.41) is 0. The highest BCUT2D eigenvalue weighted by Crippen LogP contribution is 2.20. The molecule has 0 saturated carbocycles. The molecule has 2 aromatic rings. The monoisotopic (exact) mass is 375 g/mol. The molecule has 144 valence electrons. The highest BCUT2D eigenvalue weighted by Gasteiger charge is 2.24. The van der Waals surface area contributed by atoms with Gasteiger partial charge in [0.25, 0.3) is 0 Å². The van der Waals surface area contributed by atoms with Crippen molar-refractivity contribution in [1.29, 1.82) is 0 Å². The molecule has 2 aromatic heterocycles. The Labute approximate surface area is 155 Å². The summed E-state index contributed by atoms with van der Waals surface area (Å²) in [4.78, 5) is 50.9. The van der Waals surface area contributed by atoms with Crippen molar-refractivity contribution in [2.75, 3.05) is 13.2 Å². The Hall–Kier alpha value is -3.16. The zero-order chi connectivity index (χ0) is 20.3. The van der Waals surface area contributed by atoms with Gasteiger partial charge in [0.2, 0.25) is 5.78 Å². The molecule has 0 atom stereocenters. The number of H-pyrrole nitrogens is 1. The zero-order valence-electron chi connectivity index (χ0n) is 15.8. The molecule has 0 radical (unpaired) electrons. The van der Waals surface area contributed by atoms with Crippen LogP contribution in [0.15, 0.2) is 15.3 Å². The van der Waals surface area contributed by atoms with Crippen LogP contribution in [0, 0.1) is 27.7 Å². The highest BCUT2D eigenvalue weighted by molar-refractivity contribution is 6.04. The first kappa shape index (κ1) is 20.2. The van der Waals surface area contributed by atoms with E-state index in [1.165, 1.54) is 13.0 Å². The molecule has 8 nitrogen and oxygen atoms in total. The molecule has 0 aliphatic rings. The summed E-state index contributed by atoms with van der Waals surface area (Å²) < 4.78 is 14.9. The van der Waals surface area contributed by atoms with Gasteiger partial charge in [0, 0.05) is 17.3 Å². The van der Waals surface area contributed by atoms with E-state index in [-0.39, 0.29) is 29.2 Å². The third-order valence-electron chi connectivity index (χ3n) is 4.07. The first-order chi connectivity index (χ1) is 12.7. The molecule has 27 heavy (non-hydrogen) atoms. The largest absolute Gasteiger partial charge is 0.461 e.